The minimum atomic E-state index is -0.716. The number of methoxy groups -OCH3 is 3. The fraction of sp³-hybridized carbons (Fsp3) is 0.522. The Morgan fingerprint density at radius 2 is 1.37 bits per heavy atom. The number of amides is 3. The molecule has 3 aromatic carbocycles. The normalized spacial score (nSPS) is 19.1. The van der Waals surface area contributed by atoms with Gasteiger partial charge in [-0.15, -0.1) is 0 Å². The highest BCUT2D eigenvalue weighted by molar-refractivity contribution is 6.42. The Morgan fingerprint density at radius 1 is 0.714 bits per heavy atom. The average Bonchev–Trinajstić information content (AvgIpc) is 3.76. The quantitative estimate of drug-likeness (QED) is 0.178. The third kappa shape index (κ3) is 11.0. The summed E-state index contributed by atoms with van der Waals surface area (Å²) in [4.78, 5) is 63.2. The maximum absolute atomic E-state index is 14.7. The number of aliphatic hydroxyl groups is 2. The van der Waals surface area contributed by atoms with Gasteiger partial charge in [0.1, 0.15) is 0 Å². The van der Waals surface area contributed by atoms with Crippen molar-refractivity contribution in [3.05, 3.63) is 87.4 Å². The average molecular weight is 913 g/mol. The van der Waals surface area contributed by atoms with E-state index in [4.69, 9.17) is 42.1 Å². The molecule has 3 aliphatic rings. The predicted molar refractivity (Wildman–Crippen MR) is 238 cm³/mol. The zero-order chi connectivity index (χ0) is 45.1. The van der Waals surface area contributed by atoms with Crippen molar-refractivity contribution >= 4 is 46.9 Å². The van der Waals surface area contributed by atoms with Crippen LogP contribution in [0.4, 0.5) is 0 Å². The number of ether oxygens (including phenoxy) is 4. The summed E-state index contributed by atoms with van der Waals surface area (Å²) in [7, 11) is 4.57. The van der Waals surface area contributed by atoms with Crippen LogP contribution in [0.1, 0.15) is 47.2 Å². The summed E-state index contributed by atoms with van der Waals surface area (Å²) in [5, 5.41) is 19.3. The number of carbonyl (C=O) groups is 4. The third-order valence-corrected chi connectivity index (χ3v) is 13.6. The molecule has 0 radical (unpaired) electrons. The first-order valence-corrected chi connectivity index (χ1v) is 22.2. The molecule has 2 N–H and O–H groups in total. The number of nitrogens with zero attached hydrogens (tertiary/aromatic N) is 5. The molecule has 3 aromatic rings. The molecule has 0 bridgehead atoms. The summed E-state index contributed by atoms with van der Waals surface area (Å²) in [5.41, 5.74) is 1.32. The van der Waals surface area contributed by atoms with Gasteiger partial charge in [-0.1, -0.05) is 59.6 Å². The lowest BCUT2D eigenvalue weighted by Crippen LogP contribution is -2.58. The number of benzene rings is 3. The van der Waals surface area contributed by atoms with E-state index in [0.717, 1.165) is 30.5 Å². The van der Waals surface area contributed by atoms with Crippen molar-refractivity contribution in [2.75, 3.05) is 120 Å². The van der Waals surface area contributed by atoms with Crippen molar-refractivity contribution in [3.8, 4) is 17.2 Å². The zero-order valence-corrected chi connectivity index (χ0v) is 37.9. The minimum absolute atomic E-state index is 0.0191. The lowest BCUT2D eigenvalue weighted by molar-refractivity contribution is -0.154. The van der Waals surface area contributed by atoms with Crippen LogP contribution in [0.15, 0.2) is 60.7 Å². The second-order valence-corrected chi connectivity index (χ2v) is 17.2. The largest absolute Gasteiger partial charge is 0.493 e. The van der Waals surface area contributed by atoms with Gasteiger partial charge in [-0.25, -0.2) is 0 Å². The number of rotatable bonds is 18. The van der Waals surface area contributed by atoms with Crippen molar-refractivity contribution < 1.29 is 48.3 Å². The van der Waals surface area contributed by atoms with Gasteiger partial charge in [0.2, 0.25) is 11.7 Å². The molecular formula is C46H59Cl2N5O10. The third-order valence-electron chi connectivity index (χ3n) is 12.9. The number of hydrogen-bond acceptors (Lipinski definition) is 12. The molecule has 0 aliphatic carbocycles. The second-order valence-electron chi connectivity index (χ2n) is 16.4. The summed E-state index contributed by atoms with van der Waals surface area (Å²) in [6, 6.07) is 19.1. The highest BCUT2D eigenvalue weighted by atomic mass is 35.5. The van der Waals surface area contributed by atoms with E-state index in [-0.39, 0.29) is 44.7 Å². The number of likely N-dealkylation sites (tertiary alicyclic amines) is 2. The van der Waals surface area contributed by atoms with Gasteiger partial charge in [0, 0.05) is 63.3 Å². The molecule has 17 heteroatoms. The van der Waals surface area contributed by atoms with Gasteiger partial charge < -0.3 is 48.8 Å². The molecule has 15 nitrogen and oxygen atoms in total. The zero-order valence-electron chi connectivity index (χ0n) is 36.4. The van der Waals surface area contributed by atoms with E-state index < -0.39 is 29.3 Å². The van der Waals surface area contributed by atoms with Crippen molar-refractivity contribution in [2.45, 2.75) is 36.5 Å². The van der Waals surface area contributed by atoms with Crippen molar-refractivity contribution in [3.63, 3.8) is 0 Å². The van der Waals surface area contributed by atoms with Crippen molar-refractivity contribution in [2.24, 2.45) is 0 Å². The molecular weight excluding hydrogens is 853 g/mol. The van der Waals surface area contributed by atoms with E-state index in [1.165, 1.54) is 26.2 Å². The predicted octanol–water partition coefficient (Wildman–Crippen LogP) is 3.73. The van der Waals surface area contributed by atoms with Crippen LogP contribution in [0.25, 0.3) is 0 Å². The lowest BCUT2D eigenvalue weighted by Gasteiger charge is -2.46. The first-order chi connectivity index (χ1) is 30.4. The Labute approximate surface area is 379 Å². The van der Waals surface area contributed by atoms with Crippen LogP contribution in [0.5, 0.6) is 17.2 Å². The van der Waals surface area contributed by atoms with Crippen LogP contribution in [0.2, 0.25) is 10.0 Å². The highest BCUT2D eigenvalue weighted by Gasteiger charge is 2.47. The second kappa shape index (κ2) is 21.8. The number of piperidine rings is 1. The van der Waals surface area contributed by atoms with Gasteiger partial charge in [-0.2, -0.15) is 0 Å². The monoisotopic (exact) mass is 911 g/mol. The van der Waals surface area contributed by atoms with Gasteiger partial charge in [0.15, 0.2) is 18.1 Å². The number of piperazine rings is 1. The van der Waals surface area contributed by atoms with Crippen LogP contribution in [0.3, 0.4) is 0 Å². The highest BCUT2D eigenvalue weighted by Crippen LogP contribution is 2.44. The van der Waals surface area contributed by atoms with E-state index in [2.05, 4.69) is 4.90 Å². The van der Waals surface area contributed by atoms with E-state index in [0.29, 0.717) is 98.1 Å². The number of aliphatic hydroxyl groups excluding tert-OH is 2. The Balaban J connectivity index is 1.10. The van der Waals surface area contributed by atoms with Gasteiger partial charge >= 0.3 is 5.97 Å². The van der Waals surface area contributed by atoms with E-state index in [9.17, 15) is 29.4 Å². The number of esters is 1. The number of halogens is 2. The maximum atomic E-state index is 14.7. The van der Waals surface area contributed by atoms with E-state index in [1.54, 1.807) is 12.1 Å². The lowest BCUT2D eigenvalue weighted by atomic mass is 9.71. The Hall–Kier alpha value is -4.64. The molecule has 3 amide bonds. The Kier molecular flexibility index (Phi) is 16.6. The van der Waals surface area contributed by atoms with Gasteiger partial charge in [0.25, 0.3) is 11.8 Å². The molecule has 3 saturated heterocycles. The SMILES string of the molecule is COc1cc(C(=O)N2CCC(CCN3CCC(C(=O)N4CCN(CC(=O)OCC(=O)N(CCO)CCO)CC4)(c4ccccc4)CC3)(c3ccc(Cl)c(Cl)c3)C2)cc(OC)c1OC. The van der Waals surface area contributed by atoms with E-state index >= 15 is 0 Å². The van der Waals surface area contributed by atoms with Crippen LogP contribution >= 0.6 is 23.2 Å². The molecule has 1 unspecified atom stereocenters. The van der Waals surface area contributed by atoms with Crippen LogP contribution in [-0.2, 0) is 30.0 Å². The summed E-state index contributed by atoms with van der Waals surface area (Å²) in [5.74, 6) is 0.111. The molecule has 3 aliphatic heterocycles. The number of carbonyl (C=O) groups excluding carboxylic acids is 4. The van der Waals surface area contributed by atoms with Crippen LogP contribution in [-0.4, -0.2) is 178 Å². The first-order valence-electron chi connectivity index (χ1n) is 21.4. The molecule has 0 aromatic heterocycles. The Morgan fingerprint density at radius 3 is 1.95 bits per heavy atom. The minimum Gasteiger partial charge on any atom is -0.493 e. The first kappa shape index (κ1) is 47.8. The van der Waals surface area contributed by atoms with Gasteiger partial charge in [-0.05, 0) is 80.7 Å². The molecule has 3 heterocycles. The summed E-state index contributed by atoms with van der Waals surface area (Å²) in [6.07, 6.45) is 2.73. The molecule has 0 spiro atoms. The molecule has 63 heavy (non-hydrogen) atoms. The van der Waals surface area contributed by atoms with Crippen LogP contribution < -0.4 is 14.2 Å². The molecule has 6 rings (SSSR count). The van der Waals surface area contributed by atoms with Gasteiger partial charge in [-0.3, -0.25) is 24.1 Å². The summed E-state index contributed by atoms with van der Waals surface area (Å²) < 4.78 is 21.8. The molecule has 342 valence electrons. The smallest absolute Gasteiger partial charge is 0.320 e. The maximum Gasteiger partial charge on any atom is 0.320 e. The molecule has 1 atom stereocenters. The Bertz CT molecular complexity index is 2030. The van der Waals surface area contributed by atoms with E-state index in [1.807, 2.05) is 63.2 Å². The number of hydrogen-bond donors (Lipinski definition) is 2. The molecule has 3 fully saturated rings. The van der Waals surface area contributed by atoms with Gasteiger partial charge in [0.05, 0.1) is 56.5 Å². The van der Waals surface area contributed by atoms with Crippen molar-refractivity contribution in [1.82, 2.24) is 24.5 Å². The topological polar surface area (TPSA) is 162 Å². The van der Waals surface area contributed by atoms with Crippen LogP contribution in [0, 0.1) is 0 Å². The summed E-state index contributed by atoms with van der Waals surface area (Å²) in [6.45, 7) is 4.04. The fourth-order valence-electron chi connectivity index (χ4n) is 9.23. The van der Waals surface area contributed by atoms with Crippen molar-refractivity contribution in [1.29, 1.82) is 0 Å². The summed E-state index contributed by atoms with van der Waals surface area (Å²) >= 11 is 13.0. The fourth-order valence-corrected chi connectivity index (χ4v) is 9.53. The standard InChI is InChI=1S/C46H59Cl2N5O10/c1-60-38-27-33(28-39(61-2)42(38)62-3)43(58)53-18-12-45(32-53,35-9-10-36(47)37(48)29-35)11-15-49-16-13-46(14-17-49,34-7-5-4-6-8-34)44(59)52-21-19-50(20-22-52)30-41(57)63-31-40(56)51(23-25-54)24-26-55/h4-10,27-29,54-55H,11-26,30-32H2,1-3H3. The molecule has 0 saturated carbocycles.